The molecule has 3 rings (SSSR count). The van der Waals surface area contributed by atoms with Crippen LogP contribution in [-0.2, 0) is 16.4 Å². The number of nitrogens with one attached hydrogen (secondary N) is 1. The zero-order valence-electron chi connectivity index (χ0n) is 14.5. The highest BCUT2D eigenvalue weighted by molar-refractivity contribution is 7.91. The SMILES string of the molecule is O=C(N[C@H]1CCN(Cc2ccccc2)C1)c1ccc(S(=O)(=O)C(F)F)cc1. The number of hydrogen-bond donors (Lipinski definition) is 1. The Hall–Kier alpha value is -2.32. The molecular formula is C19H20F2N2O3S. The number of rotatable bonds is 6. The highest BCUT2D eigenvalue weighted by Gasteiger charge is 2.27. The lowest BCUT2D eigenvalue weighted by molar-refractivity contribution is 0.0937. The van der Waals surface area contributed by atoms with E-state index in [0.717, 1.165) is 38.2 Å². The maximum Gasteiger partial charge on any atom is 0.341 e. The number of benzene rings is 2. The summed E-state index contributed by atoms with van der Waals surface area (Å²) >= 11 is 0. The summed E-state index contributed by atoms with van der Waals surface area (Å²) in [5, 5.41) is 2.91. The molecule has 0 spiro atoms. The van der Waals surface area contributed by atoms with Gasteiger partial charge in [0.25, 0.3) is 5.91 Å². The minimum atomic E-state index is -4.65. The van der Waals surface area contributed by atoms with Gasteiger partial charge in [-0.1, -0.05) is 30.3 Å². The van der Waals surface area contributed by atoms with E-state index in [1.165, 1.54) is 17.7 Å². The van der Waals surface area contributed by atoms with E-state index in [0.29, 0.717) is 0 Å². The number of sulfone groups is 1. The van der Waals surface area contributed by atoms with Gasteiger partial charge in [-0.05, 0) is 36.2 Å². The van der Waals surface area contributed by atoms with E-state index < -0.39 is 20.5 Å². The van der Waals surface area contributed by atoms with E-state index in [-0.39, 0.29) is 17.5 Å². The molecule has 0 aliphatic carbocycles. The molecule has 1 aliphatic heterocycles. The van der Waals surface area contributed by atoms with E-state index in [2.05, 4.69) is 22.3 Å². The summed E-state index contributed by atoms with van der Waals surface area (Å²) in [5.74, 6) is -3.83. The van der Waals surface area contributed by atoms with Crippen LogP contribution in [-0.4, -0.2) is 44.1 Å². The number of amides is 1. The molecule has 27 heavy (non-hydrogen) atoms. The highest BCUT2D eigenvalue weighted by Crippen LogP contribution is 2.19. The van der Waals surface area contributed by atoms with Crippen molar-refractivity contribution in [3.63, 3.8) is 0 Å². The van der Waals surface area contributed by atoms with E-state index in [9.17, 15) is 22.0 Å². The minimum absolute atomic E-state index is 0.00862. The van der Waals surface area contributed by atoms with Gasteiger partial charge in [0.2, 0.25) is 9.84 Å². The Morgan fingerprint density at radius 1 is 1.11 bits per heavy atom. The van der Waals surface area contributed by atoms with Crippen molar-refractivity contribution in [2.45, 2.75) is 29.7 Å². The molecular weight excluding hydrogens is 374 g/mol. The maximum absolute atomic E-state index is 12.5. The summed E-state index contributed by atoms with van der Waals surface area (Å²) in [7, 11) is -4.65. The fourth-order valence-electron chi connectivity index (χ4n) is 3.10. The van der Waals surface area contributed by atoms with Gasteiger partial charge in [-0.15, -0.1) is 0 Å². The first-order valence-electron chi connectivity index (χ1n) is 8.55. The summed E-state index contributed by atoms with van der Waals surface area (Å²) in [6.07, 6.45) is 0.816. The molecule has 0 radical (unpaired) electrons. The summed E-state index contributed by atoms with van der Waals surface area (Å²) in [6, 6.07) is 14.6. The second-order valence-corrected chi connectivity index (χ2v) is 8.43. The van der Waals surface area contributed by atoms with Crippen molar-refractivity contribution < 1.29 is 22.0 Å². The van der Waals surface area contributed by atoms with Crippen LogP contribution >= 0.6 is 0 Å². The highest BCUT2D eigenvalue weighted by atomic mass is 32.2. The monoisotopic (exact) mass is 394 g/mol. The Morgan fingerprint density at radius 2 is 1.78 bits per heavy atom. The quantitative estimate of drug-likeness (QED) is 0.818. The molecule has 1 heterocycles. The van der Waals surface area contributed by atoms with Gasteiger partial charge in [-0.3, -0.25) is 9.69 Å². The summed E-state index contributed by atoms with van der Waals surface area (Å²) in [6.45, 7) is 2.40. The van der Waals surface area contributed by atoms with Gasteiger partial charge in [0.1, 0.15) is 0 Å². The molecule has 2 aromatic rings. The second kappa shape index (κ2) is 8.14. The third kappa shape index (κ3) is 4.70. The number of hydrogen-bond acceptors (Lipinski definition) is 4. The Kier molecular flexibility index (Phi) is 5.86. The van der Waals surface area contributed by atoms with Crippen LogP contribution in [0.25, 0.3) is 0 Å². The van der Waals surface area contributed by atoms with E-state index >= 15 is 0 Å². The summed E-state index contributed by atoms with van der Waals surface area (Å²) in [5.41, 5.74) is 1.45. The lowest BCUT2D eigenvalue weighted by atomic mass is 10.2. The van der Waals surface area contributed by atoms with Crippen LogP contribution in [0, 0.1) is 0 Å². The standard InChI is InChI=1S/C19H20F2N2O3S/c20-19(21)27(25,26)17-8-6-15(7-9-17)18(24)22-16-10-11-23(13-16)12-14-4-2-1-3-5-14/h1-9,16,19H,10-13H2,(H,22,24)/t16-/m0/s1. The third-order valence-corrected chi connectivity index (χ3v) is 5.93. The Labute approximate surface area is 156 Å². The Morgan fingerprint density at radius 3 is 2.41 bits per heavy atom. The molecule has 0 aromatic heterocycles. The lowest BCUT2D eigenvalue weighted by Crippen LogP contribution is -2.37. The van der Waals surface area contributed by atoms with Crippen molar-refractivity contribution in [2.75, 3.05) is 13.1 Å². The molecule has 1 N–H and O–H groups in total. The lowest BCUT2D eigenvalue weighted by Gasteiger charge is -2.17. The second-order valence-electron chi connectivity index (χ2n) is 6.51. The Balaban J connectivity index is 1.56. The number of carbonyl (C=O) groups is 1. The fraction of sp³-hybridized carbons (Fsp3) is 0.316. The van der Waals surface area contributed by atoms with Crippen molar-refractivity contribution in [3.8, 4) is 0 Å². The van der Waals surface area contributed by atoms with Crippen molar-refractivity contribution in [1.29, 1.82) is 0 Å². The maximum atomic E-state index is 12.5. The number of carbonyl (C=O) groups excluding carboxylic acids is 1. The smallest absolute Gasteiger partial charge is 0.341 e. The molecule has 0 bridgehead atoms. The van der Waals surface area contributed by atoms with E-state index in [4.69, 9.17) is 0 Å². The van der Waals surface area contributed by atoms with Gasteiger partial charge in [0, 0.05) is 31.2 Å². The topological polar surface area (TPSA) is 66.5 Å². The zero-order valence-corrected chi connectivity index (χ0v) is 15.3. The van der Waals surface area contributed by atoms with Crippen LogP contribution in [0.4, 0.5) is 8.78 Å². The van der Waals surface area contributed by atoms with Gasteiger partial charge in [-0.2, -0.15) is 8.78 Å². The summed E-state index contributed by atoms with van der Waals surface area (Å²) < 4.78 is 47.9. The Bertz CT molecular complexity index is 887. The largest absolute Gasteiger partial charge is 0.348 e. The average Bonchev–Trinajstić information content (AvgIpc) is 3.09. The molecule has 0 unspecified atom stereocenters. The molecule has 1 amide bonds. The predicted molar refractivity (Wildman–Crippen MR) is 97.2 cm³/mol. The van der Waals surface area contributed by atoms with Crippen molar-refractivity contribution in [1.82, 2.24) is 10.2 Å². The number of halogens is 2. The van der Waals surface area contributed by atoms with Crippen LogP contribution in [0.5, 0.6) is 0 Å². The molecule has 0 saturated carbocycles. The van der Waals surface area contributed by atoms with Crippen LogP contribution in [0.15, 0.2) is 59.5 Å². The summed E-state index contributed by atoms with van der Waals surface area (Å²) in [4.78, 5) is 14.1. The van der Waals surface area contributed by atoms with Crippen LogP contribution < -0.4 is 5.32 Å². The van der Waals surface area contributed by atoms with Gasteiger partial charge < -0.3 is 5.32 Å². The van der Waals surface area contributed by atoms with Crippen LogP contribution in [0.1, 0.15) is 22.3 Å². The molecule has 1 aliphatic rings. The van der Waals surface area contributed by atoms with Crippen LogP contribution in [0.2, 0.25) is 0 Å². The number of nitrogens with zero attached hydrogens (tertiary/aromatic N) is 1. The van der Waals surface area contributed by atoms with Crippen molar-refractivity contribution >= 4 is 15.7 Å². The van der Waals surface area contributed by atoms with Gasteiger partial charge in [0.15, 0.2) is 0 Å². The van der Waals surface area contributed by atoms with E-state index in [1.54, 1.807) is 0 Å². The first kappa shape index (κ1) is 19.4. The zero-order chi connectivity index (χ0) is 19.4. The predicted octanol–water partition coefficient (Wildman–Crippen LogP) is 2.69. The molecule has 5 nitrogen and oxygen atoms in total. The van der Waals surface area contributed by atoms with Crippen molar-refractivity contribution in [2.24, 2.45) is 0 Å². The van der Waals surface area contributed by atoms with Gasteiger partial charge in [-0.25, -0.2) is 8.42 Å². The third-order valence-electron chi connectivity index (χ3n) is 4.54. The van der Waals surface area contributed by atoms with Gasteiger partial charge in [0.05, 0.1) is 4.90 Å². The molecule has 1 saturated heterocycles. The van der Waals surface area contributed by atoms with E-state index in [1.807, 2.05) is 18.2 Å². The molecule has 1 fully saturated rings. The molecule has 2 aromatic carbocycles. The van der Waals surface area contributed by atoms with Crippen LogP contribution in [0.3, 0.4) is 0 Å². The fourth-order valence-corrected chi connectivity index (χ4v) is 3.82. The molecule has 144 valence electrons. The molecule has 8 heteroatoms. The average molecular weight is 394 g/mol. The normalized spacial score (nSPS) is 18.0. The number of likely N-dealkylation sites (tertiary alicyclic amines) is 1. The molecule has 1 atom stereocenters. The van der Waals surface area contributed by atoms with Gasteiger partial charge >= 0.3 is 5.76 Å². The first-order chi connectivity index (χ1) is 12.9. The van der Waals surface area contributed by atoms with Crippen molar-refractivity contribution in [3.05, 3.63) is 65.7 Å². The first-order valence-corrected chi connectivity index (χ1v) is 10.1. The minimum Gasteiger partial charge on any atom is -0.348 e. The number of alkyl halides is 2.